The van der Waals surface area contributed by atoms with Crippen LogP contribution in [0.2, 0.25) is 0 Å². The molecule has 13 heteroatoms. The van der Waals surface area contributed by atoms with E-state index in [1.165, 1.54) is 4.90 Å². The highest BCUT2D eigenvalue weighted by Crippen LogP contribution is 2.32. The Morgan fingerprint density at radius 3 is 2.13 bits per heavy atom. The van der Waals surface area contributed by atoms with E-state index in [4.69, 9.17) is 28.8 Å². The van der Waals surface area contributed by atoms with Crippen LogP contribution in [-0.2, 0) is 44.6 Å². The van der Waals surface area contributed by atoms with Crippen molar-refractivity contribution >= 4 is 29.3 Å². The van der Waals surface area contributed by atoms with Crippen molar-refractivity contribution in [3.63, 3.8) is 0 Å². The molecule has 2 heterocycles. The van der Waals surface area contributed by atoms with Gasteiger partial charge in [0.15, 0.2) is 0 Å². The van der Waals surface area contributed by atoms with Crippen molar-refractivity contribution in [2.75, 3.05) is 78.0 Å². The molecule has 1 aromatic rings. The molecular formula is C25H35N3O10. The number of hydrogen-bond acceptors (Lipinski definition) is 10. The number of anilines is 1. The van der Waals surface area contributed by atoms with Gasteiger partial charge in [0, 0.05) is 29.8 Å². The molecule has 38 heavy (non-hydrogen) atoms. The average Bonchev–Trinajstić information content (AvgIpc) is 3.23. The topological polar surface area (TPSA) is 162 Å². The standard InChI is InChI=1S/C25H35N3O10/c29-6-7-34-8-9-35-10-11-36-12-13-37-14-15-38-17-23(31)26-20-3-1-2-18-19(20)16-28(25(18)33)21-4-5-22(30)27-24(21)32/h1-3,21,29H,4-17H2,(H,26,31)(H,27,30,32). The quantitative estimate of drug-likeness (QED) is 0.164. The summed E-state index contributed by atoms with van der Waals surface area (Å²) < 4.78 is 26.5. The van der Waals surface area contributed by atoms with Gasteiger partial charge in [0.25, 0.3) is 5.91 Å². The average molecular weight is 538 g/mol. The highest BCUT2D eigenvalue weighted by molar-refractivity contribution is 6.06. The summed E-state index contributed by atoms with van der Waals surface area (Å²) in [5.74, 6) is -1.52. The van der Waals surface area contributed by atoms with Gasteiger partial charge in [-0.3, -0.25) is 24.5 Å². The first-order chi connectivity index (χ1) is 18.5. The lowest BCUT2D eigenvalue weighted by Gasteiger charge is -2.29. The molecule has 3 N–H and O–H groups in total. The second-order valence-electron chi connectivity index (χ2n) is 8.51. The van der Waals surface area contributed by atoms with Gasteiger partial charge in [-0.05, 0) is 18.6 Å². The normalized spacial score (nSPS) is 17.0. The van der Waals surface area contributed by atoms with Gasteiger partial charge < -0.3 is 39.0 Å². The molecule has 1 aromatic carbocycles. The van der Waals surface area contributed by atoms with Crippen LogP contribution >= 0.6 is 0 Å². The minimum absolute atomic E-state index is 0.00550. The second kappa shape index (κ2) is 16.1. The van der Waals surface area contributed by atoms with Crippen LogP contribution in [-0.4, -0.2) is 112 Å². The van der Waals surface area contributed by atoms with Crippen molar-refractivity contribution < 1.29 is 48.0 Å². The highest BCUT2D eigenvalue weighted by Gasteiger charge is 2.39. The largest absolute Gasteiger partial charge is 0.394 e. The lowest BCUT2D eigenvalue weighted by Crippen LogP contribution is -2.52. The molecule has 3 rings (SSSR count). The van der Waals surface area contributed by atoms with Gasteiger partial charge in [-0.2, -0.15) is 0 Å². The Morgan fingerprint density at radius 2 is 1.53 bits per heavy atom. The fourth-order valence-corrected chi connectivity index (χ4v) is 4.00. The maximum Gasteiger partial charge on any atom is 0.255 e. The summed E-state index contributed by atoms with van der Waals surface area (Å²) in [6, 6.07) is 4.29. The van der Waals surface area contributed by atoms with Crippen LogP contribution in [0.5, 0.6) is 0 Å². The first-order valence-corrected chi connectivity index (χ1v) is 12.6. The summed E-state index contributed by atoms with van der Waals surface area (Å²) in [6.45, 7) is 3.31. The molecule has 1 atom stereocenters. The van der Waals surface area contributed by atoms with E-state index in [9.17, 15) is 19.2 Å². The number of hydrogen-bond donors (Lipinski definition) is 3. The van der Waals surface area contributed by atoms with Crippen molar-refractivity contribution in [2.45, 2.75) is 25.4 Å². The Bertz CT molecular complexity index is 957. The number of carbonyl (C=O) groups is 4. The number of imide groups is 1. The number of aliphatic hydroxyl groups is 1. The Morgan fingerprint density at radius 1 is 0.921 bits per heavy atom. The Labute approximate surface area is 220 Å². The van der Waals surface area contributed by atoms with E-state index < -0.39 is 11.9 Å². The smallest absolute Gasteiger partial charge is 0.255 e. The first-order valence-electron chi connectivity index (χ1n) is 12.6. The summed E-state index contributed by atoms with van der Waals surface area (Å²) in [4.78, 5) is 50.3. The summed E-state index contributed by atoms with van der Waals surface area (Å²) in [7, 11) is 0. The van der Waals surface area contributed by atoms with Crippen LogP contribution in [0.1, 0.15) is 28.8 Å². The number of amides is 4. The van der Waals surface area contributed by atoms with Crippen LogP contribution in [0.15, 0.2) is 18.2 Å². The fraction of sp³-hybridized carbons (Fsp3) is 0.600. The van der Waals surface area contributed by atoms with Crippen molar-refractivity contribution in [1.82, 2.24) is 10.2 Å². The van der Waals surface area contributed by atoms with Crippen LogP contribution in [0.25, 0.3) is 0 Å². The Kier molecular flexibility index (Phi) is 12.6. The molecule has 0 bridgehead atoms. The molecule has 2 aliphatic heterocycles. The zero-order chi connectivity index (χ0) is 27.2. The second-order valence-corrected chi connectivity index (χ2v) is 8.51. The third-order valence-electron chi connectivity index (χ3n) is 5.81. The minimum atomic E-state index is -0.721. The molecular weight excluding hydrogens is 502 g/mol. The van der Waals surface area contributed by atoms with Crippen molar-refractivity contribution in [1.29, 1.82) is 0 Å². The van der Waals surface area contributed by atoms with Gasteiger partial charge in [0.1, 0.15) is 12.6 Å². The van der Waals surface area contributed by atoms with Crippen LogP contribution in [0, 0.1) is 0 Å². The van der Waals surface area contributed by atoms with Gasteiger partial charge >= 0.3 is 0 Å². The number of carbonyl (C=O) groups excluding carboxylic acids is 4. The summed E-state index contributed by atoms with van der Waals surface area (Å²) in [6.07, 6.45) is 0.442. The molecule has 0 radical (unpaired) electrons. The maximum atomic E-state index is 12.9. The van der Waals surface area contributed by atoms with Crippen molar-refractivity contribution in [2.24, 2.45) is 0 Å². The predicted molar refractivity (Wildman–Crippen MR) is 132 cm³/mol. The molecule has 1 fully saturated rings. The zero-order valence-corrected chi connectivity index (χ0v) is 21.3. The summed E-state index contributed by atoms with van der Waals surface area (Å²) >= 11 is 0. The van der Waals surface area contributed by atoms with Crippen LogP contribution in [0.3, 0.4) is 0 Å². The summed E-state index contributed by atoms with van der Waals surface area (Å²) in [5.41, 5.74) is 1.52. The number of nitrogens with zero attached hydrogens (tertiary/aromatic N) is 1. The van der Waals surface area contributed by atoms with Crippen LogP contribution < -0.4 is 10.6 Å². The first kappa shape index (κ1) is 29.6. The maximum absolute atomic E-state index is 12.9. The molecule has 0 spiro atoms. The van der Waals surface area contributed by atoms with E-state index in [0.717, 1.165) is 0 Å². The van der Waals surface area contributed by atoms with Gasteiger partial charge in [-0.25, -0.2) is 0 Å². The Balaban J connectivity index is 1.27. The summed E-state index contributed by atoms with van der Waals surface area (Å²) in [5, 5.41) is 13.6. The van der Waals surface area contributed by atoms with E-state index in [2.05, 4.69) is 10.6 Å². The third-order valence-corrected chi connectivity index (χ3v) is 5.81. The highest BCUT2D eigenvalue weighted by atomic mass is 16.6. The van der Waals surface area contributed by atoms with E-state index >= 15 is 0 Å². The van der Waals surface area contributed by atoms with E-state index in [1.54, 1.807) is 18.2 Å². The van der Waals surface area contributed by atoms with E-state index in [1.807, 2.05) is 0 Å². The van der Waals surface area contributed by atoms with Gasteiger partial charge in [-0.15, -0.1) is 0 Å². The zero-order valence-electron chi connectivity index (χ0n) is 21.3. The van der Waals surface area contributed by atoms with Crippen LogP contribution in [0.4, 0.5) is 5.69 Å². The van der Waals surface area contributed by atoms with Gasteiger partial charge in [0.05, 0.1) is 66.1 Å². The number of nitrogens with one attached hydrogen (secondary N) is 2. The monoisotopic (exact) mass is 537 g/mol. The number of aliphatic hydroxyl groups excluding tert-OH is 1. The molecule has 2 aliphatic rings. The lowest BCUT2D eigenvalue weighted by atomic mass is 10.0. The van der Waals surface area contributed by atoms with Gasteiger partial charge in [0.2, 0.25) is 17.7 Å². The number of rotatable bonds is 18. The fourth-order valence-electron chi connectivity index (χ4n) is 4.00. The number of piperidine rings is 1. The van der Waals surface area contributed by atoms with Gasteiger partial charge in [-0.1, -0.05) is 6.07 Å². The number of ether oxygens (including phenoxy) is 5. The SMILES string of the molecule is O=C1CCC(N2Cc3c(NC(=O)COCCOCCOCCOCCOCCO)cccc3C2=O)C(=O)N1. The molecule has 0 aromatic heterocycles. The molecule has 210 valence electrons. The van der Waals surface area contributed by atoms with Crippen molar-refractivity contribution in [3.05, 3.63) is 29.3 Å². The molecule has 4 amide bonds. The number of benzene rings is 1. The van der Waals surface area contributed by atoms with E-state index in [-0.39, 0.29) is 56.9 Å². The number of fused-ring (bicyclic) bond motifs is 1. The lowest BCUT2D eigenvalue weighted by molar-refractivity contribution is -0.137. The molecule has 1 saturated heterocycles. The Hall–Kier alpha value is -2.94. The third kappa shape index (κ3) is 9.11. The predicted octanol–water partition coefficient (Wildman–Crippen LogP) is -0.539. The molecule has 13 nitrogen and oxygen atoms in total. The van der Waals surface area contributed by atoms with Crippen molar-refractivity contribution in [3.8, 4) is 0 Å². The minimum Gasteiger partial charge on any atom is -0.394 e. The van der Waals surface area contributed by atoms with E-state index in [0.29, 0.717) is 69.7 Å². The molecule has 0 aliphatic carbocycles. The molecule has 0 saturated carbocycles. The molecule has 1 unspecified atom stereocenters.